The Labute approximate surface area is 407 Å². The first-order valence-corrected chi connectivity index (χ1v) is 28.3. The first kappa shape index (κ1) is 61.1. The number of hydrogen-bond acceptors (Lipinski definition) is 6. The molecule has 0 spiro atoms. The molecule has 1 aromatic heterocycles. The zero-order chi connectivity index (χ0) is 48.0. The van der Waals surface area contributed by atoms with Gasteiger partial charge in [-0.15, -0.1) is 0 Å². The number of amides is 1. The van der Waals surface area contributed by atoms with Gasteiger partial charge >= 0.3 is 11.9 Å². The number of nitrogens with one attached hydrogen (secondary N) is 1. The topological polar surface area (TPSA) is 99.5 Å². The second-order valence-electron chi connectivity index (χ2n) is 19.6. The van der Waals surface area contributed by atoms with Gasteiger partial charge in [0.15, 0.2) is 0 Å². The highest BCUT2D eigenvalue weighted by molar-refractivity contribution is 5.95. The molecule has 8 nitrogen and oxygen atoms in total. The van der Waals surface area contributed by atoms with Crippen LogP contribution < -0.4 is 5.32 Å². The van der Waals surface area contributed by atoms with Gasteiger partial charge in [-0.1, -0.05) is 219 Å². The number of unbranched alkanes of at least 4 members (excludes halogenated alkanes) is 28. The van der Waals surface area contributed by atoms with E-state index in [1.165, 1.54) is 167 Å². The lowest BCUT2D eigenvalue weighted by molar-refractivity contribution is -0.153. The highest BCUT2D eigenvalue weighted by Crippen LogP contribution is 2.20. The third-order valence-electron chi connectivity index (χ3n) is 13.1. The van der Waals surface area contributed by atoms with Crippen LogP contribution in [0.4, 0.5) is 0 Å². The molecule has 0 aliphatic rings. The molecule has 0 saturated heterocycles. The molecule has 0 aliphatic carbocycles. The largest absolute Gasteiger partial charge is 0.462 e. The molecule has 0 radical (unpaired) electrons. The Kier molecular flexibility index (Phi) is 42.5. The molecule has 8 heteroatoms. The number of esters is 2. The third kappa shape index (κ3) is 37.1. The van der Waals surface area contributed by atoms with Gasteiger partial charge in [-0.25, -0.2) is 9.78 Å². The number of allylic oxidation sites excluding steroid dienone is 4. The predicted octanol–water partition coefficient (Wildman–Crippen LogP) is 17.1. The maximum absolute atomic E-state index is 14.1. The van der Waals surface area contributed by atoms with E-state index in [-0.39, 0.29) is 36.7 Å². The molecule has 0 fully saturated rings. The van der Waals surface area contributed by atoms with Gasteiger partial charge in [-0.3, -0.25) is 9.59 Å². The molecule has 1 rings (SSSR count). The van der Waals surface area contributed by atoms with Crippen molar-refractivity contribution in [1.82, 2.24) is 14.9 Å². The molecule has 66 heavy (non-hydrogen) atoms. The van der Waals surface area contributed by atoms with Crippen molar-refractivity contribution in [3.05, 3.63) is 42.5 Å². The summed E-state index contributed by atoms with van der Waals surface area (Å²) in [5.74, 6) is -1.25. The monoisotopic (exact) mass is 924 g/mol. The Morgan fingerprint density at radius 2 is 0.879 bits per heavy atom. The lowest BCUT2D eigenvalue weighted by Gasteiger charge is -2.23. The molecule has 3 atom stereocenters. The van der Waals surface area contributed by atoms with Crippen LogP contribution in [0.5, 0.6) is 0 Å². The number of carbonyl (C=O) groups is 3. The molecule has 3 unspecified atom stereocenters. The summed E-state index contributed by atoms with van der Waals surface area (Å²) in [5, 5.41) is 2.89. The zero-order valence-electron chi connectivity index (χ0n) is 43.9. The van der Waals surface area contributed by atoms with E-state index in [0.29, 0.717) is 0 Å². The fraction of sp³-hybridized carbons (Fsp3) is 0.828. The van der Waals surface area contributed by atoms with Gasteiger partial charge in [0, 0.05) is 19.7 Å². The summed E-state index contributed by atoms with van der Waals surface area (Å²) in [6.45, 7) is 8.99. The Morgan fingerprint density at radius 3 is 1.29 bits per heavy atom. The number of hydrogen-bond donors (Lipinski definition) is 1. The second-order valence-corrected chi connectivity index (χ2v) is 19.6. The Balaban J connectivity index is 2.89. The van der Waals surface area contributed by atoms with Crippen LogP contribution in [-0.4, -0.2) is 45.6 Å². The third-order valence-corrected chi connectivity index (χ3v) is 13.1. The Bertz CT molecular complexity index is 1320. The quantitative estimate of drug-likeness (QED) is 0.0397. The number of carbonyl (C=O) groups excluding carboxylic acids is 3. The van der Waals surface area contributed by atoms with E-state index in [1.54, 1.807) is 24.1 Å². The molecule has 0 saturated carbocycles. The summed E-state index contributed by atoms with van der Waals surface area (Å²) in [6, 6.07) is -0.984. The number of aromatic nitrogens is 2. The number of rotatable bonds is 48. The second kappa shape index (κ2) is 45.9. The minimum absolute atomic E-state index is 0.0218. The fourth-order valence-corrected chi connectivity index (χ4v) is 8.78. The van der Waals surface area contributed by atoms with Crippen LogP contribution >= 0.6 is 0 Å². The van der Waals surface area contributed by atoms with Crippen molar-refractivity contribution < 1.29 is 23.9 Å². The minimum atomic E-state index is -0.984. The van der Waals surface area contributed by atoms with Crippen molar-refractivity contribution in [2.45, 2.75) is 303 Å². The predicted molar refractivity (Wildman–Crippen MR) is 280 cm³/mol. The van der Waals surface area contributed by atoms with Crippen LogP contribution in [0.15, 0.2) is 36.8 Å². The van der Waals surface area contributed by atoms with E-state index in [4.69, 9.17) is 9.47 Å². The van der Waals surface area contributed by atoms with Gasteiger partial charge in [0.1, 0.15) is 23.9 Å². The van der Waals surface area contributed by atoms with Gasteiger partial charge < -0.3 is 19.4 Å². The molecule has 1 heterocycles. The SMILES string of the molecule is CCCCC/C=C\CCC(CCCCCCCCCCCCCC)OC(=O)CCC(NC(=O)c1cn(C)cn1)C(=O)OC(CC/C=C\CCCCC)CCCCCCCCCCCCCC. The van der Waals surface area contributed by atoms with E-state index in [1.807, 2.05) is 0 Å². The highest BCUT2D eigenvalue weighted by atomic mass is 16.5. The average molecular weight is 924 g/mol. The number of imidazole rings is 1. The first-order chi connectivity index (χ1) is 32.3. The van der Waals surface area contributed by atoms with E-state index < -0.39 is 17.9 Å². The van der Waals surface area contributed by atoms with Crippen LogP contribution in [0.1, 0.15) is 295 Å². The van der Waals surface area contributed by atoms with Gasteiger partial charge in [0.25, 0.3) is 5.91 Å². The van der Waals surface area contributed by atoms with Crippen molar-refractivity contribution in [1.29, 1.82) is 0 Å². The molecule has 1 N–H and O–H groups in total. The maximum atomic E-state index is 14.1. The Hall–Kier alpha value is -2.90. The summed E-state index contributed by atoms with van der Waals surface area (Å²) in [7, 11) is 1.81. The lowest BCUT2D eigenvalue weighted by atomic mass is 10.0. The summed E-state index contributed by atoms with van der Waals surface area (Å²) in [5.41, 5.74) is 0.226. The fourth-order valence-electron chi connectivity index (χ4n) is 8.78. The van der Waals surface area contributed by atoms with Crippen molar-refractivity contribution in [3.63, 3.8) is 0 Å². The summed E-state index contributed by atoms with van der Waals surface area (Å²) >= 11 is 0. The first-order valence-electron chi connectivity index (χ1n) is 28.3. The molecular weight excluding hydrogens is 819 g/mol. The minimum Gasteiger partial charge on any atom is -0.462 e. The number of ether oxygens (including phenoxy) is 2. The molecular formula is C58H105N3O5. The Morgan fingerprint density at radius 1 is 0.500 bits per heavy atom. The van der Waals surface area contributed by atoms with Gasteiger partial charge in [-0.2, -0.15) is 0 Å². The summed E-state index contributed by atoms with van der Waals surface area (Å²) in [4.78, 5) is 45.2. The normalized spacial score (nSPS) is 13.1. The van der Waals surface area contributed by atoms with Gasteiger partial charge in [-0.05, 0) is 83.5 Å². The van der Waals surface area contributed by atoms with Crippen LogP contribution in [-0.2, 0) is 26.1 Å². The molecule has 1 amide bonds. The molecule has 1 aromatic rings. The van der Waals surface area contributed by atoms with E-state index in [9.17, 15) is 14.4 Å². The van der Waals surface area contributed by atoms with Crippen LogP contribution in [0, 0.1) is 0 Å². The molecule has 0 aromatic carbocycles. The van der Waals surface area contributed by atoms with Crippen LogP contribution in [0.25, 0.3) is 0 Å². The van der Waals surface area contributed by atoms with E-state index in [2.05, 4.69) is 62.3 Å². The summed E-state index contributed by atoms with van der Waals surface area (Å²) in [6.07, 6.45) is 57.1. The van der Waals surface area contributed by atoms with Crippen LogP contribution in [0.3, 0.4) is 0 Å². The standard InChI is InChI=1S/C58H105N3O5/c1-6-10-14-18-22-24-26-28-30-34-38-41-45-52(44-40-36-32-20-16-12-8-3)65-56(62)49-48-54(60-57(63)55-50-61(5)51-59-55)58(64)66-53(46-42-37-33-21-17-13-9-4)47-43-39-35-31-29-27-25-23-19-15-11-7-2/h32-33,36-37,50-54H,6-31,34-35,38-49H2,1-5H3,(H,60,63)/b36-32-,37-33-. The van der Waals surface area contributed by atoms with Crippen molar-refractivity contribution in [3.8, 4) is 0 Å². The number of nitrogens with zero attached hydrogens (tertiary/aromatic N) is 2. The average Bonchev–Trinajstić information content (AvgIpc) is 3.76. The zero-order valence-corrected chi connectivity index (χ0v) is 43.9. The highest BCUT2D eigenvalue weighted by Gasteiger charge is 2.28. The van der Waals surface area contributed by atoms with Gasteiger partial charge in [0.05, 0.1) is 6.33 Å². The lowest BCUT2D eigenvalue weighted by Crippen LogP contribution is -2.43. The van der Waals surface area contributed by atoms with Gasteiger partial charge in [0.2, 0.25) is 0 Å². The smallest absolute Gasteiger partial charge is 0.328 e. The number of aryl methyl sites for hydroxylation is 1. The molecule has 0 aliphatic heterocycles. The van der Waals surface area contributed by atoms with E-state index >= 15 is 0 Å². The van der Waals surface area contributed by atoms with Crippen molar-refractivity contribution in [2.24, 2.45) is 7.05 Å². The molecule has 382 valence electrons. The van der Waals surface area contributed by atoms with E-state index in [0.717, 1.165) is 77.0 Å². The molecule has 0 bridgehead atoms. The van der Waals surface area contributed by atoms with Crippen molar-refractivity contribution >= 4 is 17.8 Å². The summed E-state index contributed by atoms with van der Waals surface area (Å²) < 4.78 is 14.1. The van der Waals surface area contributed by atoms with Crippen molar-refractivity contribution in [2.75, 3.05) is 0 Å². The van der Waals surface area contributed by atoms with Crippen LogP contribution in [0.2, 0.25) is 0 Å². The maximum Gasteiger partial charge on any atom is 0.328 e.